The molecule has 2 aromatic rings. The second kappa shape index (κ2) is 6.19. The number of nitrogens with zero attached hydrogens (tertiary/aromatic N) is 2. The van der Waals surface area contributed by atoms with Crippen molar-refractivity contribution in [1.29, 1.82) is 0 Å². The number of amides is 1. The van der Waals surface area contributed by atoms with Crippen LogP contribution in [0.4, 0.5) is 11.5 Å². The maximum absolute atomic E-state index is 12.5. The highest BCUT2D eigenvalue weighted by atomic mass is 16.2. The lowest BCUT2D eigenvalue weighted by molar-refractivity contribution is 0.0993. The third kappa shape index (κ3) is 3.15. The van der Waals surface area contributed by atoms with Gasteiger partial charge in [0.1, 0.15) is 5.82 Å². The van der Waals surface area contributed by atoms with Gasteiger partial charge in [0.2, 0.25) is 0 Å². The van der Waals surface area contributed by atoms with Gasteiger partial charge in [0.15, 0.2) is 0 Å². The van der Waals surface area contributed by atoms with Gasteiger partial charge in [0.05, 0.1) is 0 Å². The van der Waals surface area contributed by atoms with Crippen molar-refractivity contribution in [2.45, 2.75) is 19.8 Å². The summed E-state index contributed by atoms with van der Waals surface area (Å²) in [6.45, 7) is 2.07. The van der Waals surface area contributed by atoms with Crippen molar-refractivity contribution in [2.24, 2.45) is 0 Å². The Balaban J connectivity index is 2.29. The number of anilines is 2. The molecule has 2 N–H and O–H groups in total. The predicted octanol–water partition coefficient (Wildman–Crippen LogP) is 2.89. The monoisotopic (exact) mass is 269 g/mol. The van der Waals surface area contributed by atoms with Crippen LogP contribution < -0.4 is 10.6 Å². The largest absolute Gasteiger partial charge is 0.384 e. The van der Waals surface area contributed by atoms with Gasteiger partial charge >= 0.3 is 0 Å². The first-order chi connectivity index (χ1) is 9.61. The molecule has 0 aliphatic carbocycles. The lowest BCUT2D eigenvalue weighted by Crippen LogP contribution is -2.26. The minimum Gasteiger partial charge on any atom is -0.384 e. The molecular formula is C16H19N3O. The number of hydrogen-bond donors (Lipinski definition) is 1. The maximum Gasteiger partial charge on any atom is 0.258 e. The molecule has 0 saturated heterocycles. The van der Waals surface area contributed by atoms with Crippen molar-refractivity contribution in [3.8, 4) is 0 Å². The van der Waals surface area contributed by atoms with E-state index in [1.54, 1.807) is 18.0 Å². The standard InChI is InChI=1S/C16H19N3O/c1-3-7-13-10-12(11-15(17)18-13)16(20)19(2)14-8-5-4-6-9-14/h4-6,8-11H,3,7H2,1-2H3,(H2,17,18). The van der Waals surface area contributed by atoms with Crippen molar-refractivity contribution >= 4 is 17.4 Å². The molecule has 0 unspecified atom stereocenters. The number of nitrogens with two attached hydrogens (primary N) is 1. The van der Waals surface area contributed by atoms with Crippen LogP contribution in [0.2, 0.25) is 0 Å². The van der Waals surface area contributed by atoms with Crippen LogP contribution in [0.3, 0.4) is 0 Å². The summed E-state index contributed by atoms with van der Waals surface area (Å²) in [5.74, 6) is 0.309. The number of carbonyl (C=O) groups is 1. The Labute approximate surface area is 119 Å². The SMILES string of the molecule is CCCc1cc(C(=O)N(C)c2ccccc2)cc(N)n1. The zero-order chi connectivity index (χ0) is 14.5. The van der Waals surface area contributed by atoms with Crippen molar-refractivity contribution in [3.05, 3.63) is 53.7 Å². The molecule has 0 fully saturated rings. The summed E-state index contributed by atoms with van der Waals surface area (Å²) in [4.78, 5) is 18.4. The first kappa shape index (κ1) is 14.1. The number of carbonyl (C=O) groups excluding carboxylic acids is 1. The number of para-hydroxylation sites is 1. The lowest BCUT2D eigenvalue weighted by atomic mass is 10.1. The molecule has 1 aromatic carbocycles. The van der Waals surface area contributed by atoms with Crippen LogP contribution in [-0.4, -0.2) is 17.9 Å². The van der Waals surface area contributed by atoms with E-state index in [0.717, 1.165) is 24.2 Å². The molecule has 0 spiro atoms. The van der Waals surface area contributed by atoms with Gasteiger partial charge in [0.25, 0.3) is 5.91 Å². The fraction of sp³-hybridized carbons (Fsp3) is 0.250. The third-order valence-corrected chi connectivity index (χ3v) is 3.10. The van der Waals surface area contributed by atoms with Gasteiger partial charge in [-0.2, -0.15) is 0 Å². The van der Waals surface area contributed by atoms with Crippen LogP contribution in [0.25, 0.3) is 0 Å². The van der Waals surface area contributed by atoms with Crippen LogP contribution in [0.15, 0.2) is 42.5 Å². The molecule has 0 bridgehead atoms. The molecule has 0 radical (unpaired) electrons. The minimum absolute atomic E-state index is 0.0809. The topological polar surface area (TPSA) is 59.2 Å². The van der Waals surface area contributed by atoms with Crippen LogP contribution in [0.1, 0.15) is 29.4 Å². The Morgan fingerprint density at radius 1 is 1.25 bits per heavy atom. The summed E-state index contributed by atoms with van der Waals surface area (Å²) in [6.07, 6.45) is 1.79. The van der Waals surface area contributed by atoms with Gasteiger partial charge < -0.3 is 10.6 Å². The smallest absolute Gasteiger partial charge is 0.258 e. The van der Waals surface area contributed by atoms with Gasteiger partial charge in [-0.25, -0.2) is 4.98 Å². The summed E-state index contributed by atoms with van der Waals surface area (Å²) in [6, 6.07) is 13.0. The number of benzene rings is 1. The molecule has 1 aromatic heterocycles. The Bertz CT molecular complexity index is 596. The van der Waals surface area contributed by atoms with E-state index in [9.17, 15) is 4.79 Å². The number of nitrogen functional groups attached to an aromatic ring is 1. The summed E-state index contributed by atoms with van der Waals surface area (Å²) in [7, 11) is 1.76. The second-order valence-electron chi connectivity index (χ2n) is 4.72. The quantitative estimate of drug-likeness (QED) is 0.928. The van der Waals surface area contributed by atoms with Gasteiger partial charge in [-0.05, 0) is 30.7 Å². The van der Waals surface area contributed by atoms with Crippen LogP contribution in [0.5, 0.6) is 0 Å². The number of pyridine rings is 1. The van der Waals surface area contributed by atoms with Gasteiger partial charge in [-0.3, -0.25) is 4.79 Å². The van der Waals surface area contributed by atoms with E-state index in [0.29, 0.717) is 11.4 Å². The number of rotatable bonds is 4. The van der Waals surface area contributed by atoms with E-state index in [1.165, 1.54) is 0 Å². The van der Waals surface area contributed by atoms with E-state index in [2.05, 4.69) is 11.9 Å². The Hall–Kier alpha value is -2.36. The highest BCUT2D eigenvalue weighted by molar-refractivity contribution is 6.06. The van der Waals surface area contributed by atoms with Gasteiger partial charge in [0, 0.05) is 24.0 Å². The molecule has 2 rings (SSSR count). The highest BCUT2D eigenvalue weighted by Crippen LogP contribution is 2.17. The number of hydrogen-bond acceptors (Lipinski definition) is 3. The molecule has 4 nitrogen and oxygen atoms in total. The zero-order valence-corrected chi connectivity index (χ0v) is 11.8. The summed E-state index contributed by atoms with van der Waals surface area (Å²) in [5, 5.41) is 0. The summed E-state index contributed by atoms with van der Waals surface area (Å²) in [5.41, 5.74) is 8.07. The second-order valence-corrected chi connectivity index (χ2v) is 4.72. The van der Waals surface area contributed by atoms with Crippen LogP contribution >= 0.6 is 0 Å². The molecule has 1 amide bonds. The fourth-order valence-corrected chi connectivity index (χ4v) is 2.08. The van der Waals surface area contributed by atoms with Crippen molar-refractivity contribution in [1.82, 2.24) is 4.98 Å². The maximum atomic E-state index is 12.5. The molecule has 0 aliphatic heterocycles. The van der Waals surface area contributed by atoms with Gasteiger partial charge in [-0.15, -0.1) is 0 Å². The van der Waals surface area contributed by atoms with E-state index >= 15 is 0 Å². The molecule has 0 atom stereocenters. The predicted molar refractivity (Wildman–Crippen MR) is 81.8 cm³/mol. The van der Waals surface area contributed by atoms with E-state index in [1.807, 2.05) is 36.4 Å². The molecule has 0 saturated carbocycles. The van der Waals surface area contributed by atoms with Crippen LogP contribution in [0, 0.1) is 0 Å². The molecular weight excluding hydrogens is 250 g/mol. The van der Waals surface area contributed by atoms with Crippen molar-refractivity contribution < 1.29 is 4.79 Å². The summed E-state index contributed by atoms with van der Waals surface area (Å²) < 4.78 is 0. The minimum atomic E-state index is -0.0809. The van der Waals surface area contributed by atoms with E-state index in [-0.39, 0.29) is 5.91 Å². The number of aromatic nitrogens is 1. The third-order valence-electron chi connectivity index (χ3n) is 3.10. The van der Waals surface area contributed by atoms with E-state index < -0.39 is 0 Å². The first-order valence-corrected chi connectivity index (χ1v) is 6.71. The van der Waals surface area contributed by atoms with Crippen molar-refractivity contribution in [2.75, 3.05) is 17.7 Å². The Morgan fingerprint density at radius 2 is 1.95 bits per heavy atom. The number of aryl methyl sites for hydroxylation is 1. The normalized spacial score (nSPS) is 10.3. The molecule has 20 heavy (non-hydrogen) atoms. The van der Waals surface area contributed by atoms with Crippen LogP contribution in [-0.2, 0) is 6.42 Å². The molecule has 1 heterocycles. The highest BCUT2D eigenvalue weighted by Gasteiger charge is 2.14. The zero-order valence-electron chi connectivity index (χ0n) is 11.8. The molecule has 104 valence electrons. The summed E-state index contributed by atoms with van der Waals surface area (Å²) >= 11 is 0. The van der Waals surface area contributed by atoms with Crippen molar-refractivity contribution in [3.63, 3.8) is 0 Å². The lowest BCUT2D eigenvalue weighted by Gasteiger charge is -2.17. The average molecular weight is 269 g/mol. The fourth-order valence-electron chi connectivity index (χ4n) is 2.08. The molecule has 0 aliphatic rings. The Kier molecular flexibility index (Phi) is 4.35. The first-order valence-electron chi connectivity index (χ1n) is 6.71. The van der Waals surface area contributed by atoms with Gasteiger partial charge in [-0.1, -0.05) is 31.5 Å². The Morgan fingerprint density at radius 3 is 2.60 bits per heavy atom. The molecule has 4 heteroatoms. The average Bonchev–Trinajstić information content (AvgIpc) is 2.46. The van der Waals surface area contributed by atoms with E-state index in [4.69, 9.17) is 5.73 Å².